The molecule has 0 aliphatic carbocycles. The second kappa shape index (κ2) is 10.9. The lowest BCUT2D eigenvalue weighted by atomic mass is 10.1. The molecule has 0 saturated heterocycles. The number of nitrogens with zero attached hydrogens (tertiary/aromatic N) is 2. The van der Waals surface area contributed by atoms with E-state index in [0.717, 1.165) is 42.0 Å². The molecular formula is C24H23ClF3N3O3S. The quantitative estimate of drug-likeness (QED) is 0.364. The van der Waals surface area contributed by atoms with Crippen molar-refractivity contribution in [1.29, 1.82) is 0 Å². The van der Waals surface area contributed by atoms with Crippen molar-refractivity contribution in [3.05, 3.63) is 80.6 Å². The Balaban J connectivity index is 1.41. The van der Waals surface area contributed by atoms with Crippen LogP contribution < -0.4 is 10.5 Å². The zero-order valence-electron chi connectivity index (χ0n) is 18.8. The predicted octanol–water partition coefficient (Wildman–Crippen LogP) is 6.13. The van der Waals surface area contributed by atoms with E-state index in [1.54, 1.807) is 18.2 Å². The molecule has 0 radical (unpaired) electrons. The summed E-state index contributed by atoms with van der Waals surface area (Å²) in [5, 5.41) is 4.86. The van der Waals surface area contributed by atoms with Crippen LogP contribution in [0.5, 0.6) is 5.75 Å². The average molecular weight is 526 g/mol. The molecule has 2 unspecified atom stereocenters. The van der Waals surface area contributed by atoms with Crippen molar-refractivity contribution in [2.24, 2.45) is 4.99 Å². The van der Waals surface area contributed by atoms with Gasteiger partial charge < -0.3 is 4.74 Å². The number of hydrogen-bond donors (Lipinski definition) is 1. The topological polar surface area (TPSA) is 80.5 Å². The second-order valence-corrected chi connectivity index (χ2v) is 9.79. The Kier molecular flexibility index (Phi) is 7.91. The van der Waals surface area contributed by atoms with Crippen LogP contribution in [0, 0.1) is 0 Å². The molecule has 1 N–H and O–H groups in total. The fourth-order valence-electron chi connectivity index (χ4n) is 3.70. The molecule has 2 heterocycles. The molecule has 11 heteroatoms. The molecular weight excluding hydrogens is 503 g/mol. The van der Waals surface area contributed by atoms with E-state index >= 15 is 0 Å². The van der Waals surface area contributed by atoms with Crippen LogP contribution in [0.15, 0.2) is 56.8 Å². The lowest BCUT2D eigenvalue weighted by Crippen LogP contribution is -2.24. The largest absolute Gasteiger partial charge is 0.492 e. The highest BCUT2D eigenvalue weighted by molar-refractivity contribution is 8.15. The van der Waals surface area contributed by atoms with E-state index < -0.39 is 17.5 Å². The van der Waals surface area contributed by atoms with Crippen molar-refractivity contribution < 1.29 is 22.4 Å². The lowest BCUT2D eigenvalue weighted by Gasteiger charge is -2.18. The summed E-state index contributed by atoms with van der Waals surface area (Å²) in [6.45, 7) is 2.48. The summed E-state index contributed by atoms with van der Waals surface area (Å²) in [4.78, 5) is 18.4. The molecule has 1 aromatic heterocycles. The number of aliphatic imine (C=N–C) groups is 1. The normalized spacial score (nSPS) is 18.0. The molecule has 6 nitrogen and oxygen atoms in total. The highest BCUT2D eigenvalue weighted by Gasteiger charge is 2.33. The molecule has 0 amide bonds. The standard InChI is InChI=1S/C24H23ClF3N3O3S/c1-2-3-4-19-20(35-22(29-19)14-5-8-16(9-6-14)24(26,27)28)13-33-17-10-7-15(18(25)12-17)11-21-30-23(32)34-31-21/h5-10,12,19-20H,2-4,11,13H2,1H3,(H,30,31,32). The van der Waals surface area contributed by atoms with Crippen LogP contribution in [-0.4, -0.2) is 33.1 Å². The third-order valence-electron chi connectivity index (χ3n) is 5.57. The van der Waals surface area contributed by atoms with Crippen molar-refractivity contribution in [3.8, 4) is 5.75 Å². The van der Waals surface area contributed by atoms with Gasteiger partial charge in [0.2, 0.25) is 0 Å². The number of unbranched alkanes of at least 4 members (excludes halogenated alkanes) is 1. The van der Waals surface area contributed by atoms with Gasteiger partial charge in [0.05, 0.1) is 21.9 Å². The maximum absolute atomic E-state index is 12.9. The number of nitrogens with one attached hydrogen (secondary N) is 1. The maximum atomic E-state index is 12.9. The Morgan fingerprint density at radius 1 is 1.20 bits per heavy atom. The summed E-state index contributed by atoms with van der Waals surface area (Å²) in [5.41, 5.74) is 0.750. The first kappa shape index (κ1) is 25.4. The fraction of sp³-hybridized carbons (Fsp3) is 0.375. The Bertz CT molecular complexity index is 1240. The molecule has 0 saturated carbocycles. The number of halogens is 4. The fourth-order valence-corrected chi connectivity index (χ4v) is 5.18. The number of ether oxygens (including phenoxy) is 1. The van der Waals surface area contributed by atoms with E-state index in [4.69, 9.17) is 21.3 Å². The van der Waals surface area contributed by atoms with Crippen molar-refractivity contribution in [1.82, 2.24) is 10.1 Å². The molecule has 1 aliphatic heterocycles. The summed E-state index contributed by atoms with van der Waals surface area (Å²) < 4.78 is 49.2. The van der Waals surface area contributed by atoms with E-state index in [0.29, 0.717) is 35.2 Å². The molecule has 0 bridgehead atoms. The summed E-state index contributed by atoms with van der Waals surface area (Å²) in [7, 11) is 0. The van der Waals surface area contributed by atoms with E-state index in [1.165, 1.54) is 23.9 Å². The minimum Gasteiger partial charge on any atom is -0.492 e. The van der Waals surface area contributed by atoms with Crippen LogP contribution in [-0.2, 0) is 12.6 Å². The summed E-state index contributed by atoms with van der Waals surface area (Å²) in [6, 6.07) is 10.4. The van der Waals surface area contributed by atoms with E-state index in [9.17, 15) is 18.0 Å². The first-order chi connectivity index (χ1) is 16.7. The zero-order chi connectivity index (χ0) is 25.0. The van der Waals surface area contributed by atoms with Gasteiger partial charge in [-0.2, -0.15) is 13.2 Å². The highest BCUT2D eigenvalue weighted by Crippen LogP contribution is 2.35. The Labute approximate surface area is 208 Å². The molecule has 0 spiro atoms. The van der Waals surface area contributed by atoms with Gasteiger partial charge in [-0.1, -0.05) is 66.5 Å². The molecule has 4 rings (SSSR count). The molecule has 2 atom stereocenters. The smallest absolute Gasteiger partial charge is 0.438 e. The highest BCUT2D eigenvalue weighted by atomic mass is 35.5. The number of benzene rings is 2. The molecule has 1 aliphatic rings. The third kappa shape index (κ3) is 6.49. The Morgan fingerprint density at radius 3 is 2.60 bits per heavy atom. The second-order valence-electron chi connectivity index (χ2n) is 8.16. The van der Waals surface area contributed by atoms with Crippen molar-refractivity contribution in [2.75, 3.05) is 6.61 Å². The van der Waals surface area contributed by atoms with Gasteiger partial charge in [-0.15, -0.1) is 0 Å². The first-order valence-corrected chi connectivity index (χ1v) is 12.4. The van der Waals surface area contributed by atoms with Gasteiger partial charge in [-0.3, -0.25) is 14.5 Å². The van der Waals surface area contributed by atoms with E-state index in [1.807, 2.05) is 0 Å². The van der Waals surface area contributed by atoms with Crippen molar-refractivity contribution >= 4 is 28.4 Å². The van der Waals surface area contributed by atoms with Crippen LogP contribution in [0.2, 0.25) is 5.02 Å². The monoisotopic (exact) mass is 525 g/mol. The van der Waals surface area contributed by atoms with Crippen molar-refractivity contribution in [2.45, 2.75) is 50.1 Å². The SMILES string of the molecule is CCCCC1N=C(c2ccc(C(F)(F)F)cc2)SC1COc1ccc(Cc2noc(=O)[nH]2)c(Cl)c1. The summed E-state index contributed by atoms with van der Waals surface area (Å²) in [6.07, 6.45) is -1.17. The Hall–Kier alpha value is -2.72. The number of thioether (sulfide) groups is 1. The van der Waals surface area contributed by atoms with Gasteiger partial charge in [0, 0.05) is 17.0 Å². The number of hydrogen-bond acceptors (Lipinski definition) is 6. The van der Waals surface area contributed by atoms with E-state index in [-0.39, 0.29) is 11.3 Å². The minimum absolute atomic E-state index is 0.0102. The van der Waals surface area contributed by atoms with Gasteiger partial charge in [0.25, 0.3) is 0 Å². The van der Waals surface area contributed by atoms with Gasteiger partial charge in [0.15, 0.2) is 5.82 Å². The minimum atomic E-state index is -4.37. The Morgan fingerprint density at radius 2 is 1.97 bits per heavy atom. The number of aromatic amines is 1. The van der Waals surface area contributed by atoms with Gasteiger partial charge >= 0.3 is 11.9 Å². The third-order valence-corrected chi connectivity index (χ3v) is 7.24. The average Bonchev–Trinajstić information content (AvgIpc) is 3.43. The van der Waals surface area contributed by atoms with E-state index in [2.05, 4.69) is 21.6 Å². The van der Waals surface area contributed by atoms with Crippen LogP contribution in [0.1, 0.15) is 48.7 Å². The predicted molar refractivity (Wildman–Crippen MR) is 130 cm³/mol. The summed E-state index contributed by atoms with van der Waals surface area (Å²) in [5.74, 6) is 0.338. The van der Waals surface area contributed by atoms with Gasteiger partial charge in [0.1, 0.15) is 12.4 Å². The maximum Gasteiger partial charge on any atom is 0.438 e. The van der Waals surface area contributed by atoms with Crippen LogP contribution in [0.4, 0.5) is 13.2 Å². The molecule has 35 heavy (non-hydrogen) atoms. The molecule has 2 aromatic carbocycles. The van der Waals surface area contributed by atoms with Gasteiger partial charge in [-0.05, 0) is 36.2 Å². The number of alkyl halides is 3. The number of aromatic nitrogens is 2. The molecule has 3 aromatic rings. The zero-order valence-corrected chi connectivity index (χ0v) is 20.3. The summed E-state index contributed by atoms with van der Waals surface area (Å²) >= 11 is 7.91. The number of H-pyrrole nitrogens is 1. The number of rotatable bonds is 9. The molecule has 186 valence electrons. The molecule has 0 fully saturated rings. The van der Waals surface area contributed by atoms with Crippen molar-refractivity contribution in [3.63, 3.8) is 0 Å². The van der Waals surface area contributed by atoms with Gasteiger partial charge in [-0.25, -0.2) is 4.79 Å². The van der Waals surface area contributed by atoms with Crippen LogP contribution >= 0.6 is 23.4 Å². The first-order valence-electron chi connectivity index (χ1n) is 11.1. The van der Waals surface area contributed by atoms with Crippen LogP contribution in [0.3, 0.4) is 0 Å². The lowest BCUT2D eigenvalue weighted by molar-refractivity contribution is -0.137. The van der Waals surface area contributed by atoms with Crippen LogP contribution in [0.25, 0.3) is 0 Å².